The lowest BCUT2D eigenvalue weighted by Gasteiger charge is -2.24. The van der Waals surface area contributed by atoms with Gasteiger partial charge in [-0.3, -0.25) is 4.90 Å². The first-order valence-electron chi connectivity index (χ1n) is 5.87. The molecule has 1 aromatic rings. The molecule has 16 heavy (non-hydrogen) atoms. The number of rotatable bonds is 3. The first-order chi connectivity index (χ1) is 7.70. The summed E-state index contributed by atoms with van der Waals surface area (Å²) in [6.45, 7) is 4.58. The Morgan fingerprint density at radius 2 is 2.06 bits per heavy atom. The lowest BCUT2D eigenvalue weighted by molar-refractivity contribution is 0.257. The number of likely N-dealkylation sites (N-methyl/N-ethyl adjacent to an activating group) is 1. The fourth-order valence-corrected chi connectivity index (χ4v) is 2.45. The molecule has 0 saturated carbocycles. The summed E-state index contributed by atoms with van der Waals surface area (Å²) >= 11 is 5.90. The number of hydrogen-bond donors (Lipinski definition) is 1. The molecular formula is C13H19ClN2. The van der Waals surface area contributed by atoms with Crippen LogP contribution in [-0.4, -0.2) is 31.1 Å². The van der Waals surface area contributed by atoms with Gasteiger partial charge in [0.1, 0.15) is 0 Å². The van der Waals surface area contributed by atoms with E-state index in [9.17, 15) is 0 Å². The van der Waals surface area contributed by atoms with Crippen molar-refractivity contribution in [3.05, 3.63) is 34.9 Å². The van der Waals surface area contributed by atoms with Crippen molar-refractivity contribution < 1.29 is 0 Å². The van der Waals surface area contributed by atoms with Crippen molar-refractivity contribution in [1.82, 2.24) is 10.2 Å². The number of nitrogens with one attached hydrogen (secondary N) is 1. The van der Waals surface area contributed by atoms with Crippen LogP contribution >= 0.6 is 11.6 Å². The smallest absolute Gasteiger partial charge is 0.0406 e. The molecule has 3 heteroatoms. The molecule has 1 aromatic carbocycles. The molecule has 1 N–H and O–H groups in total. The lowest BCUT2D eigenvalue weighted by atomic mass is 10.1. The van der Waals surface area contributed by atoms with E-state index in [2.05, 4.69) is 29.3 Å². The summed E-state index contributed by atoms with van der Waals surface area (Å²) in [5.41, 5.74) is 1.35. The summed E-state index contributed by atoms with van der Waals surface area (Å²) in [5, 5.41) is 4.16. The van der Waals surface area contributed by atoms with Crippen LogP contribution in [0.3, 0.4) is 0 Å². The van der Waals surface area contributed by atoms with Gasteiger partial charge in [-0.15, -0.1) is 0 Å². The Morgan fingerprint density at radius 3 is 2.62 bits per heavy atom. The molecule has 1 aliphatic rings. The molecule has 88 valence electrons. The molecule has 1 heterocycles. The number of benzene rings is 1. The van der Waals surface area contributed by atoms with E-state index in [4.69, 9.17) is 11.6 Å². The van der Waals surface area contributed by atoms with Crippen LogP contribution in [0.2, 0.25) is 5.02 Å². The molecule has 2 nitrogen and oxygen atoms in total. The van der Waals surface area contributed by atoms with E-state index in [1.54, 1.807) is 0 Å². The predicted octanol–water partition coefficient (Wildman–Crippen LogP) is 2.69. The Hall–Kier alpha value is -0.570. The monoisotopic (exact) mass is 238 g/mol. The summed E-state index contributed by atoms with van der Waals surface area (Å²) < 4.78 is 0. The van der Waals surface area contributed by atoms with Crippen molar-refractivity contribution in [3.8, 4) is 0 Å². The van der Waals surface area contributed by atoms with Gasteiger partial charge in [0.25, 0.3) is 0 Å². The third-order valence-electron chi connectivity index (χ3n) is 3.53. The third kappa shape index (κ3) is 2.57. The van der Waals surface area contributed by atoms with Crippen molar-refractivity contribution in [3.63, 3.8) is 0 Å². The minimum atomic E-state index is 0.482. The largest absolute Gasteiger partial charge is 0.316 e. The van der Waals surface area contributed by atoms with Gasteiger partial charge in [-0.05, 0) is 38.1 Å². The van der Waals surface area contributed by atoms with Gasteiger partial charge in [-0.25, -0.2) is 0 Å². The summed E-state index contributed by atoms with van der Waals surface area (Å²) in [5.74, 6) is 0. The zero-order valence-electron chi connectivity index (χ0n) is 9.91. The summed E-state index contributed by atoms with van der Waals surface area (Å²) in [4.78, 5) is 2.52. The van der Waals surface area contributed by atoms with Crippen LogP contribution in [0.15, 0.2) is 24.3 Å². The van der Waals surface area contributed by atoms with E-state index in [0.717, 1.165) is 11.6 Å². The maximum absolute atomic E-state index is 5.90. The van der Waals surface area contributed by atoms with E-state index >= 15 is 0 Å². The summed E-state index contributed by atoms with van der Waals surface area (Å²) in [6.07, 6.45) is 1.24. The van der Waals surface area contributed by atoms with Crippen LogP contribution in [0.1, 0.15) is 24.9 Å². The number of likely N-dealkylation sites (tertiary alicyclic amines) is 1. The van der Waals surface area contributed by atoms with Gasteiger partial charge in [0.15, 0.2) is 0 Å². The summed E-state index contributed by atoms with van der Waals surface area (Å²) in [6, 6.07) is 9.32. The van der Waals surface area contributed by atoms with Gasteiger partial charge in [-0.1, -0.05) is 23.7 Å². The third-order valence-corrected chi connectivity index (χ3v) is 3.78. The topological polar surface area (TPSA) is 15.3 Å². The van der Waals surface area contributed by atoms with Crippen molar-refractivity contribution in [1.29, 1.82) is 0 Å². The molecule has 0 radical (unpaired) electrons. The van der Waals surface area contributed by atoms with Crippen LogP contribution in [-0.2, 0) is 0 Å². The fraction of sp³-hybridized carbons (Fsp3) is 0.538. The van der Waals surface area contributed by atoms with E-state index in [1.165, 1.54) is 18.5 Å². The normalized spacial score (nSPS) is 23.6. The van der Waals surface area contributed by atoms with Crippen LogP contribution in [0.25, 0.3) is 0 Å². The summed E-state index contributed by atoms with van der Waals surface area (Å²) in [7, 11) is 2.04. The van der Waals surface area contributed by atoms with E-state index in [1.807, 2.05) is 19.2 Å². The average molecular weight is 239 g/mol. The van der Waals surface area contributed by atoms with Gasteiger partial charge >= 0.3 is 0 Å². The fourth-order valence-electron chi connectivity index (χ4n) is 2.33. The SMILES string of the molecule is CNC1CCN(C(C)c2ccc(Cl)cc2)C1. The van der Waals surface area contributed by atoms with Crippen molar-refractivity contribution in [2.75, 3.05) is 20.1 Å². The lowest BCUT2D eigenvalue weighted by Crippen LogP contribution is -2.31. The highest BCUT2D eigenvalue weighted by atomic mass is 35.5. The number of nitrogens with zero attached hydrogens (tertiary/aromatic N) is 1. The Bertz CT molecular complexity index is 336. The second kappa shape index (κ2) is 5.17. The molecular weight excluding hydrogens is 220 g/mol. The first-order valence-corrected chi connectivity index (χ1v) is 6.25. The molecule has 0 aromatic heterocycles. The van der Waals surface area contributed by atoms with Crippen LogP contribution in [0, 0.1) is 0 Å². The van der Waals surface area contributed by atoms with E-state index in [0.29, 0.717) is 12.1 Å². The molecule has 2 rings (SSSR count). The quantitative estimate of drug-likeness (QED) is 0.871. The van der Waals surface area contributed by atoms with Crippen LogP contribution < -0.4 is 5.32 Å². The molecule has 1 saturated heterocycles. The van der Waals surface area contributed by atoms with E-state index in [-0.39, 0.29) is 0 Å². The van der Waals surface area contributed by atoms with Gasteiger partial charge in [-0.2, -0.15) is 0 Å². The highest BCUT2D eigenvalue weighted by Gasteiger charge is 2.25. The Kier molecular flexibility index (Phi) is 3.85. The van der Waals surface area contributed by atoms with Crippen LogP contribution in [0.4, 0.5) is 0 Å². The Balaban J connectivity index is 2.02. The minimum absolute atomic E-state index is 0.482. The predicted molar refractivity (Wildman–Crippen MR) is 68.9 cm³/mol. The second-order valence-corrected chi connectivity index (χ2v) is 4.93. The van der Waals surface area contributed by atoms with Gasteiger partial charge < -0.3 is 5.32 Å². The average Bonchev–Trinajstić information content (AvgIpc) is 2.77. The highest BCUT2D eigenvalue weighted by Crippen LogP contribution is 2.25. The number of hydrogen-bond acceptors (Lipinski definition) is 2. The zero-order chi connectivity index (χ0) is 11.5. The Labute approximate surface area is 103 Å². The standard InChI is InChI=1S/C13H19ClN2/c1-10(11-3-5-12(14)6-4-11)16-8-7-13(9-16)15-2/h3-6,10,13,15H,7-9H2,1-2H3. The van der Waals surface area contributed by atoms with E-state index < -0.39 is 0 Å². The first kappa shape index (κ1) is 11.9. The van der Waals surface area contributed by atoms with Crippen molar-refractivity contribution in [2.45, 2.75) is 25.4 Å². The van der Waals surface area contributed by atoms with Crippen molar-refractivity contribution >= 4 is 11.6 Å². The van der Waals surface area contributed by atoms with Crippen LogP contribution in [0.5, 0.6) is 0 Å². The molecule has 0 aliphatic carbocycles. The molecule has 0 amide bonds. The number of halogens is 1. The van der Waals surface area contributed by atoms with Gasteiger partial charge in [0.05, 0.1) is 0 Å². The van der Waals surface area contributed by atoms with Gasteiger partial charge in [0.2, 0.25) is 0 Å². The highest BCUT2D eigenvalue weighted by molar-refractivity contribution is 6.30. The molecule has 2 atom stereocenters. The Morgan fingerprint density at radius 1 is 1.38 bits per heavy atom. The maximum atomic E-state index is 5.90. The molecule has 1 aliphatic heterocycles. The minimum Gasteiger partial charge on any atom is -0.316 e. The zero-order valence-corrected chi connectivity index (χ0v) is 10.7. The molecule has 1 fully saturated rings. The van der Waals surface area contributed by atoms with Crippen molar-refractivity contribution in [2.24, 2.45) is 0 Å². The molecule has 2 unspecified atom stereocenters. The molecule has 0 bridgehead atoms. The molecule has 0 spiro atoms. The second-order valence-electron chi connectivity index (χ2n) is 4.50. The maximum Gasteiger partial charge on any atom is 0.0406 e. The van der Waals surface area contributed by atoms with Gasteiger partial charge in [0, 0.05) is 30.2 Å².